The standard InChI is InChI=1S/C16H28N4O2.HI/c1-17-16(20(3)12-14-6-4-9-19(14)2)18-8-11-21-13-15-7-5-10-22-15;/h4,6,9,15H,5,7-8,10-13H2,1-3H3,(H,17,18);1H. The molecule has 1 saturated heterocycles. The van der Waals surface area contributed by atoms with Gasteiger partial charge in [0.1, 0.15) is 0 Å². The van der Waals surface area contributed by atoms with E-state index in [2.05, 4.69) is 45.2 Å². The molecule has 0 radical (unpaired) electrons. The number of hydrogen-bond donors (Lipinski definition) is 1. The zero-order chi connectivity index (χ0) is 15.8. The highest BCUT2D eigenvalue weighted by Gasteiger charge is 2.15. The Balaban J connectivity index is 0.00000264. The number of aliphatic imine (C=N–C) groups is 1. The molecule has 0 spiro atoms. The maximum absolute atomic E-state index is 5.65. The van der Waals surface area contributed by atoms with Gasteiger partial charge in [0.05, 0.1) is 25.9 Å². The van der Waals surface area contributed by atoms with Crippen LogP contribution in [0.5, 0.6) is 0 Å². The third kappa shape index (κ3) is 6.68. The van der Waals surface area contributed by atoms with Gasteiger partial charge in [-0.25, -0.2) is 0 Å². The van der Waals surface area contributed by atoms with Crippen LogP contribution in [0.1, 0.15) is 18.5 Å². The Hall–Kier alpha value is -0.800. The number of aryl methyl sites for hydroxylation is 1. The molecule has 0 aliphatic carbocycles. The maximum atomic E-state index is 5.65. The van der Waals surface area contributed by atoms with E-state index in [9.17, 15) is 0 Å². The van der Waals surface area contributed by atoms with Crippen LogP contribution in [0.2, 0.25) is 0 Å². The second-order valence-corrected chi connectivity index (χ2v) is 5.65. The van der Waals surface area contributed by atoms with Crippen LogP contribution in [0.4, 0.5) is 0 Å². The minimum absolute atomic E-state index is 0. The van der Waals surface area contributed by atoms with Gasteiger partial charge in [-0.05, 0) is 25.0 Å². The first-order chi connectivity index (χ1) is 10.7. The summed E-state index contributed by atoms with van der Waals surface area (Å²) < 4.78 is 13.3. The van der Waals surface area contributed by atoms with E-state index in [1.807, 2.05) is 7.05 Å². The van der Waals surface area contributed by atoms with E-state index in [1.54, 1.807) is 7.05 Å². The average molecular weight is 436 g/mol. The molecule has 132 valence electrons. The fourth-order valence-electron chi connectivity index (χ4n) is 2.59. The van der Waals surface area contributed by atoms with Gasteiger partial charge in [-0.1, -0.05) is 0 Å². The van der Waals surface area contributed by atoms with Crippen molar-refractivity contribution in [3.8, 4) is 0 Å². The van der Waals surface area contributed by atoms with Crippen LogP contribution < -0.4 is 5.32 Å². The van der Waals surface area contributed by atoms with Crippen molar-refractivity contribution in [3.05, 3.63) is 24.0 Å². The van der Waals surface area contributed by atoms with Crippen LogP contribution in [0.25, 0.3) is 0 Å². The Bertz CT molecular complexity index is 472. The molecule has 1 aromatic heterocycles. The molecule has 0 bridgehead atoms. The third-order valence-corrected chi connectivity index (χ3v) is 3.88. The normalized spacial score (nSPS) is 17.9. The summed E-state index contributed by atoms with van der Waals surface area (Å²) in [5, 5.41) is 3.33. The summed E-state index contributed by atoms with van der Waals surface area (Å²) >= 11 is 0. The highest BCUT2D eigenvalue weighted by molar-refractivity contribution is 14.0. The lowest BCUT2D eigenvalue weighted by atomic mass is 10.2. The van der Waals surface area contributed by atoms with Crippen molar-refractivity contribution in [3.63, 3.8) is 0 Å². The van der Waals surface area contributed by atoms with Gasteiger partial charge in [-0.2, -0.15) is 0 Å². The molecule has 2 rings (SSSR count). The molecule has 1 atom stereocenters. The quantitative estimate of drug-likeness (QED) is 0.307. The molecule has 1 aromatic rings. The van der Waals surface area contributed by atoms with E-state index in [1.165, 1.54) is 5.69 Å². The van der Waals surface area contributed by atoms with E-state index in [0.29, 0.717) is 19.3 Å². The maximum Gasteiger partial charge on any atom is 0.193 e. The van der Waals surface area contributed by atoms with Crippen molar-refractivity contribution in [2.24, 2.45) is 12.0 Å². The molecule has 1 unspecified atom stereocenters. The Labute approximate surface area is 156 Å². The molecule has 0 saturated carbocycles. The molecular weight excluding hydrogens is 407 g/mol. The van der Waals surface area contributed by atoms with Crippen molar-refractivity contribution >= 4 is 29.9 Å². The molecule has 1 fully saturated rings. The van der Waals surface area contributed by atoms with Gasteiger partial charge in [0.2, 0.25) is 0 Å². The first kappa shape index (κ1) is 20.2. The van der Waals surface area contributed by atoms with Crippen molar-refractivity contribution in [1.82, 2.24) is 14.8 Å². The van der Waals surface area contributed by atoms with E-state index < -0.39 is 0 Å². The molecular formula is C16H29IN4O2. The molecule has 6 nitrogen and oxygen atoms in total. The summed E-state index contributed by atoms with van der Waals surface area (Å²) in [4.78, 5) is 6.42. The Kier molecular flexibility index (Phi) is 9.57. The van der Waals surface area contributed by atoms with Gasteiger partial charge in [0.15, 0.2) is 5.96 Å². The van der Waals surface area contributed by atoms with Gasteiger partial charge in [-0.3, -0.25) is 4.99 Å². The van der Waals surface area contributed by atoms with Crippen LogP contribution in [0.15, 0.2) is 23.3 Å². The molecule has 2 heterocycles. The van der Waals surface area contributed by atoms with Gasteiger partial charge < -0.3 is 24.3 Å². The number of hydrogen-bond acceptors (Lipinski definition) is 3. The van der Waals surface area contributed by atoms with Crippen molar-refractivity contribution in [2.45, 2.75) is 25.5 Å². The molecule has 0 aromatic carbocycles. The van der Waals surface area contributed by atoms with Crippen molar-refractivity contribution in [1.29, 1.82) is 0 Å². The Morgan fingerprint density at radius 2 is 2.39 bits per heavy atom. The smallest absolute Gasteiger partial charge is 0.193 e. The summed E-state index contributed by atoms with van der Waals surface area (Å²) in [6, 6.07) is 4.17. The largest absolute Gasteiger partial charge is 0.377 e. The topological polar surface area (TPSA) is 51.0 Å². The number of halogens is 1. The van der Waals surface area contributed by atoms with Gasteiger partial charge in [-0.15, -0.1) is 24.0 Å². The molecule has 1 N–H and O–H groups in total. The van der Waals surface area contributed by atoms with Crippen LogP contribution >= 0.6 is 24.0 Å². The van der Waals surface area contributed by atoms with E-state index in [4.69, 9.17) is 9.47 Å². The van der Waals surface area contributed by atoms with Crippen LogP contribution in [-0.4, -0.2) is 62.0 Å². The first-order valence-electron chi connectivity index (χ1n) is 7.92. The summed E-state index contributed by atoms with van der Waals surface area (Å²) in [5.74, 6) is 0.877. The Morgan fingerprint density at radius 1 is 1.57 bits per heavy atom. The zero-order valence-electron chi connectivity index (χ0n) is 14.3. The molecule has 1 aliphatic rings. The summed E-state index contributed by atoms with van der Waals surface area (Å²) in [6.45, 7) is 3.80. The van der Waals surface area contributed by atoms with E-state index in [0.717, 1.165) is 38.5 Å². The van der Waals surface area contributed by atoms with Gasteiger partial charge >= 0.3 is 0 Å². The Morgan fingerprint density at radius 3 is 3.00 bits per heavy atom. The monoisotopic (exact) mass is 436 g/mol. The SMILES string of the molecule is CN=C(NCCOCC1CCCO1)N(C)Cc1cccn1C.I. The zero-order valence-corrected chi connectivity index (χ0v) is 16.7. The van der Waals surface area contributed by atoms with E-state index >= 15 is 0 Å². The molecule has 7 heteroatoms. The first-order valence-corrected chi connectivity index (χ1v) is 7.92. The lowest BCUT2D eigenvalue weighted by Gasteiger charge is -2.22. The highest BCUT2D eigenvalue weighted by Crippen LogP contribution is 2.11. The molecule has 0 amide bonds. The van der Waals surface area contributed by atoms with Crippen molar-refractivity contribution in [2.75, 3.05) is 40.5 Å². The lowest BCUT2D eigenvalue weighted by Crippen LogP contribution is -2.40. The number of nitrogens with zero attached hydrogens (tertiary/aromatic N) is 3. The van der Waals surface area contributed by atoms with Gasteiger partial charge in [0.25, 0.3) is 0 Å². The number of rotatable bonds is 7. The number of aromatic nitrogens is 1. The number of nitrogens with one attached hydrogen (secondary N) is 1. The number of guanidine groups is 1. The summed E-state index contributed by atoms with van der Waals surface area (Å²) in [7, 11) is 5.89. The van der Waals surface area contributed by atoms with Crippen LogP contribution in [0, 0.1) is 0 Å². The average Bonchev–Trinajstić information content (AvgIpc) is 3.15. The summed E-state index contributed by atoms with van der Waals surface area (Å²) in [5.41, 5.74) is 1.25. The van der Waals surface area contributed by atoms with Gasteiger partial charge in [0, 0.05) is 46.2 Å². The molecule has 1 aliphatic heterocycles. The predicted octanol–water partition coefficient (Wildman–Crippen LogP) is 1.85. The third-order valence-electron chi connectivity index (χ3n) is 3.88. The minimum Gasteiger partial charge on any atom is -0.377 e. The fourth-order valence-corrected chi connectivity index (χ4v) is 2.59. The molecule has 23 heavy (non-hydrogen) atoms. The second-order valence-electron chi connectivity index (χ2n) is 5.65. The predicted molar refractivity (Wildman–Crippen MR) is 103 cm³/mol. The summed E-state index contributed by atoms with van der Waals surface area (Å²) in [6.07, 6.45) is 4.62. The second kappa shape index (κ2) is 10.9. The highest BCUT2D eigenvalue weighted by atomic mass is 127. The minimum atomic E-state index is 0. The lowest BCUT2D eigenvalue weighted by molar-refractivity contribution is 0.0190. The fraction of sp³-hybridized carbons (Fsp3) is 0.688. The number of ether oxygens (including phenoxy) is 2. The van der Waals surface area contributed by atoms with Crippen molar-refractivity contribution < 1.29 is 9.47 Å². The van der Waals surface area contributed by atoms with Crippen LogP contribution in [-0.2, 0) is 23.1 Å². The van der Waals surface area contributed by atoms with Crippen LogP contribution in [0.3, 0.4) is 0 Å². The van der Waals surface area contributed by atoms with E-state index in [-0.39, 0.29) is 24.0 Å².